The van der Waals surface area contributed by atoms with Crippen LogP contribution in [0.2, 0.25) is 0 Å². The van der Waals surface area contributed by atoms with E-state index in [-0.39, 0.29) is 5.41 Å². The Morgan fingerprint density at radius 3 is 1.83 bits per heavy atom. The van der Waals surface area contributed by atoms with E-state index in [1.54, 1.807) is 0 Å². The lowest BCUT2D eigenvalue weighted by atomic mass is 9.77. The second-order valence-corrected chi connectivity index (χ2v) is 12.6. The molecular weight excluding hydrogens is 442 g/mol. The van der Waals surface area contributed by atoms with Crippen LogP contribution in [0.25, 0.3) is 11.1 Å². The van der Waals surface area contributed by atoms with E-state index in [2.05, 4.69) is 113 Å². The molecule has 0 unspecified atom stereocenters. The van der Waals surface area contributed by atoms with Gasteiger partial charge >= 0.3 is 0 Å². The zero-order valence-electron chi connectivity index (χ0n) is 21.3. The summed E-state index contributed by atoms with van der Waals surface area (Å²) in [6.45, 7) is 11.7. The molecule has 0 bridgehead atoms. The third kappa shape index (κ3) is 5.30. The maximum absolute atomic E-state index is 9.78. The molecule has 4 aromatic rings. The molecule has 0 atom stereocenters. The molecule has 0 aliphatic carbocycles. The van der Waals surface area contributed by atoms with Crippen molar-refractivity contribution >= 4 is 19.4 Å². The molecule has 0 aliphatic rings. The fraction of sp³-hybridized carbons (Fsp3) is 0.219. The molecule has 4 rings (SSSR count). The first-order valence-electron chi connectivity index (χ1n) is 12.2. The van der Waals surface area contributed by atoms with Crippen LogP contribution >= 0.6 is 0 Å². The van der Waals surface area contributed by atoms with E-state index in [9.17, 15) is 5.26 Å². The third-order valence-corrected chi connectivity index (χ3v) is 9.13. The van der Waals surface area contributed by atoms with Crippen molar-refractivity contribution in [3.05, 3.63) is 119 Å². The molecule has 0 radical (unpaired) electrons. The van der Waals surface area contributed by atoms with Crippen molar-refractivity contribution in [2.45, 2.75) is 46.6 Å². The molecule has 0 amide bonds. The lowest BCUT2D eigenvalue weighted by Crippen LogP contribution is -2.44. The molecule has 0 spiro atoms. The van der Waals surface area contributed by atoms with Crippen LogP contribution in [0.1, 0.15) is 48.6 Å². The van der Waals surface area contributed by atoms with Crippen molar-refractivity contribution in [3.63, 3.8) is 0 Å². The van der Waals surface area contributed by atoms with Crippen molar-refractivity contribution in [2.75, 3.05) is 0 Å². The Labute approximate surface area is 211 Å². The van der Waals surface area contributed by atoms with Crippen LogP contribution < -0.4 is 10.4 Å². The molecule has 0 saturated carbocycles. The molecule has 35 heavy (non-hydrogen) atoms. The molecule has 0 fully saturated rings. The summed E-state index contributed by atoms with van der Waals surface area (Å²) in [5.74, 6) is 0. The molecular formula is C32H33NOSi. The van der Waals surface area contributed by atoms with Crippen LogP contribution in [-0.4, -0.2) is 9.04 Å². The quantitative estimate of drug-likeness (QED) is 0.311. The van der Waals surface area contributed by atoms with Gasteiger partial charge in [0.05, 0.1) is 18.2 Å². The minimum Gasteiger partial charge on any atom is -0.407 e. The van der Waals surface area contributed by atoms with Crippen LogP contribution in [0.4, 0.5) is 0 Å². The van der Waals surface area contributed by atoms with Gasteiger partial charge in [-0.15, -0.1) is 0 Å². The molecule has 0 aromatic heterocycles. The maximum Gasteiger partial charge on any atom is 0.240 e. The van der Waals surface area contributed by atoms with Gasteiger partial charge in [-0.25, -0.2) is 0 Å². The molecule has 0 aliphatic heterocycles. The summed E-state index contributed by atoms with van der Waals surface area (Å²) in [7, 11) is -1.87. The second-order valence-electron chi connectivity index (χ2n) is 10.1. The summed E-state index contributed by atoms with van der Waals surface area (Å²) < 4.78 is 6.81. The van der Waals surface area contributed by atoms with Crippen LogP contribution in [0.15, 0.2) is 91.0 Å². The topological polar surface area (TPSA) is 33.0 Å². The predicted octanol–water partition coefficient (Wildman–Crippen LogP) is 6.19. The normalized spacial score (nSPS) is 11.5. The predicted molar refractivity (Wildman–Crippen MR) is 149 cm³/mol. The van der Waals surface area contributed by atoms with Gasteiger partial charge in [-0.3, -0.25) is 0 Å². The maximum atomic E-state index is 9.78. The number of nitrogens with zero attached hydrogens (tertiary/aromatic N) is 1. The summed E-state index contributed by atoms with van der Waals surface area (Å²) in [6.07, 6.45) is 0. The first kappa shape index (κ1) is 24.7. The lowest BCUT2D eigenvalue weighted by molar-refractivity contribution is 0.320. The van der Waals surface area contributed by atoms with Crippen molar-refractivity contribution in [3.8, 4) is 17.2 Å². The van der Waals surface area contributed by atoms with Gasteiger partial charge in [0.1, 0.15) is 0 Å². The molecule has 0 heterocycles. The van der Waals surface area contributed by atoms with E-state index in [0.717, 1.165) is 11.1 Å². The van der Waals surface area contributed by atoms with Gasteiger partial charge in [0.2, 0.25) is 9.04 Å². The molecule has 176 valence electrons. The summed E-state index contributed by atoms with van der Waals surface area (Å²) in [5.41, 5.74) is 7.81. The first-order valence-corrected chi connectivity index (χ1v) is 13.8. The monoisotopic (exact) mass is 475 g/mol. The van der Waals surface area contributed by atoms with Gasteiger partial charge in [0.15, 0.2) is 0 Å². The average Bonchev–Trinajstić information content (AvgIpc) is 2.86. The Morgan fingerprint density at radius 1 is 0.743 bits per heavy atom. The Hall–Kier alpha value is -3.45. The third-order valence-electron chi connectivity index (χ3n) is 6.65. The zero-order valence-corrected chi connectivity index (χ0v) is 22.5. The van der Waals surface area contributed by atoms with Gasteiger partial charge in [-0.2, -0.15) is 5.26 Å². The van der Waals surface area contributed by atoms with Gasteiger partial charge in [-0.05, 0) is 75.1 Å². The van der Waals surface area contributed by atoms with Gasteiger partial charge in [0.25, 0.3) is 0 Å². The number of benzene rings is 4. The first-order chi connectivity index (χ1) is 16.8. The summed E-state index contributed by atoms with van der Waals surface area (Å²) >= 11 is 0. The van der Waals surface area contributed by atoms with Crippen LogP contribution in [0, 0.1) is 25.2 Å². The smallest absolute Gasteiger partial charge is 0.240 e. The standard InChI is InChI=1S/C32H33NOSi/c1-23-26(22-34-35(27-15-8-6-9-16-27)28-17-10-7-11-18-28)20-30(24(2)31(23)32(3,4)5)29-19-13-12-14-25(29)21-33/h6-20,35H,22H2,1-5H3. The minimum absolute atomic E-state index is 0.0315. The largest absolute Gasteiger partial charge is 0.407 e. The van der Waals surface area contributed by atoms with E-state index in [1.807, 2.05) is 18.2 Å². The van der Waals surface area contributed by atoms with Crippen molar-refractivity contribution in [2.24, 2.45) is 0 Å². The summed E-state index contributed by atoms with van der Waals surface area (Å²) in [5, 5.41) is 12.3. The van der Waals surface area contributed by atoms with Crippen LogP contribution in [-0.2, 0) is 16.4 Å². The van der Waals surface area contributed by atoms with Crippen LogP contribution in [0.5, 0.6) is 0 Å². The highest BCUT2D eigenvalue weighted by molar-refractivity contribution is 6.80. The summed E-state index contributed by atoms with van der Waals surface area (Å²) in [4.78, 5) is 0. The number of hydrogen-bond acceptors (Lipinski definition) is 2. The average molecular weight is 476 g/mol. The highest BCUT2D eigenvalue weighted by atomic mass is 28.3. The summed E-state index contributed by atoms with van der Waals surface area (Å²) in [6, 6.07) is 33.7. The van der Waals surface area contributed by atoms with E-state index < -0.39 is 9.04 Å². The lowest BCUT2D eigenvalue weighted by Gasteiger charge is -2.29. The van der Waals surface area contributed by atoms with Gasteiger partial charge in [-0.1, -0.05) is 99.6 Å². The van der Waals surface area contributed by atoms with Crippen LogP contribution in [0.3, 0.4) is 0 Å². The zero-order chi connectivity index (χ0) is 25.0. The fourth-order valence-electron chi connectivity index (χ4n) is 5.15. The van der Waals surface area contributed by atoms with Crippen molar-refractivity contribution < 1.29 is 4.43 Å². The molecule has 4 aromatic carbocycles. The number of nitriles is 1. The Bertz CT molecular complexity index is 1310. The van der Waals surface area contributed by atoms with E-state index in [1.165, 1.54) is 32.6 Å². The van der Waals surface area contributed by atoms with Crippen molar-refractivity contribution in [1.82, 2.24) is 0 Å². The SMILES string of the molecule is Cc1c(CO[SiH](c2ccccc2)c2ccccc2)cc(-c2ccccc2C#N)c(C)c1C(C)(C)C. The molecule has 0 N–H and O–H groups in total. The second kappa shape index (κ2) is 10.4. The van der Waals surface area contributed by atoms with E-state index in [4.69, 9.17) is 4.43 Å². The Morgan fingerprint density at radius 2 is 1.29 bits per heavy atom. The Kier molecular flexibility index (Phi) is 7.36. The van der Waals surface area contributed by atoms with Crippen molar-refractivity contribution in [1.29, 1.82) is 5.26 Å². The fourth-order valence-corrected chi connectivity index (χ4v) is 7.41. The molecule has 3 heteroatoms. The van der Waals surface area contributed by atoms with Gasteiger partial charge < -0.3 is 4.43 Å². The van der Waals surface area contributed by atoms with E-state index >= 15 is 0 Å². The Balaban J connectivity index is 1.81. The highest BCUT2D eigenvalue weighted by Crippen LogP contribution is 2.38. The number of hydrogen-bond donors (Lipinski definition) is 0. The minimum atomic E-state index is -1.87. The molecule has 0 saturated heterocycles. The van der Waals surface area contributed by atoms with Gasteiger partial charge in [0, 0.05) is 0 Å². The van der Waals surface area contributed by atoms with E-state index in [0.29, 0.717) is 12.2 Å². The number of rotatable bonds is 6. The highest BCUT2D eigenvalue weighted by Gasteiger charge is 2.25. The molecule has 2 nitrogen and oxygen atoms in total.